The minimum atomic E-state index is 0.588. The lowest BCUT2D eigenvalue weighted by molar-refractivity contribution is 0.745. The summed E-state index contributed by atoms with van der Waals surface area (Å²) in [5.41, 5.74) is 5.73. The molecular weight excluding hydrogens is 192 g/mol. The molecule has 0 N–H and O–H groups in total. The van der Waals surface area contributed by atoms with Crippen molar-refractivity contribution in [2.24, 2.45) is 11.8 Å². The summed E-state index contributed by atoms with van der Waals surface area (Å²) in [6.07, 6.45) is 0. The molecule has 0 aliphatic carbocycles. The smallest absolute Gasteiger partial charge is 0.0213 e. The third kappa shape index (κ3) is 2.98. The molecule has 0 heteroatoms. The van der Waals surface area contributed by atoms with E-state index in [0.29, 0.717) is 11.8 Å². The van der Waals surface area contributed by atoms with Crippen LogP contribution in [0, 0.1) is 18.8 Å². The first-order chi connectivity index (χ1) is 7.43. The number of rotatable bonds is 3. The summed E-state index contributed by atoms with van der Waals surface area (Å²) >= 11 is 0. The predicted molar refractivity (Wildman–Crippen MR) is 73.4 cm³/mol. The van der Waals surface area contributed by atoms with E-state index >= 15 is 0 Å². The van der Waals surface area contributed by atoms with Crippen LogP contribution in [0.4, 0.5) is 0 Å². The molecule has 0 aromatic heterocycles. The monoisotopic (exact) mass is 216 g/mol. The van der Waals surface area contributed by atoms with E-state index in [0.717, 1.165) is 0 Å². The van der Waals surface area contributed by atoms with Crippen molar-refractivity contribution in [3.05, 3.63) is 41.0 Å². The normalized spacial score (nSPS) is 13.2. The van der Waals surface area contributed by atoms with Gasteiger partial charge < -0.3 is 0 Å². The number of aryl methyl sites for hydroxylation is 1. The van der Waals surface area contributed by atoms with Gasteiger partial charge in [0.1, 0.15) is 0 Å². The molecule has 1 rings (SSSR count). The van der Waals surface area contributed by atoms with E-state index in [1.54, 1.807) is 0 Å². The molecule has 88 valence electrons. The molecule has 0 spiro atoms. The van der Waals surface area contributed by atoms with Crippen molar-refractivity contribution in [3.8, 4) is 0 Å². The molecule has 0 heterocycles. The van der Waals surface area contributed by atoms with Gasteiger partial charge in [0, 0.05) is 0 Å². The second-order valence-electron chi connectivity index (χ2n) is 5.27. The molecule has 0 aliphatic rings. The van der Waals surface area contributed by atoms with Crippen LogP contribution in [-0.4, -0.2) is 0 Å². The second-order valence-corrected chi connectivity index (χ2v) is 5.27. The van der Waals surface area contributed by atoms with Crippen LogP contribution >= 0.6 is 0 Å². The van der Waals surface area contributed by atoms with Crippen molar-refractivity contribution in [3.63, 3.8) is 0 Å². The molecule has 0 amide bonds. The van der Waals surface area contributed by atoms with Gasteiger partial charge in [-0.05, 0) is 36.8 Å². The molecule has 0 radical (unpaired) electrons. The zero-order valence-electron chi connectivity index (χ0n) is 11.5. The molecule has 0 saturated heterocycles. The van der Waals surface area contributed by atoms with Crippen LogP contribution in [0.25, 0.3) is 5.57 Å². The van der Waals surface area contributed by atoms with Gasteiger partial charge in [0.15, 0.2) is 0 Å². The molecule has 16 heavy (non-hydrogen) atoms. The largest absolute Gasteiger partial charge is 0.0667 e. The first-order valence-corrected chi connectivity index (χ1v) is 6.21. The highest BCUT2D eigenvalue weighted by Crippen LogP contribution is 2.30. The summed E-state index contributed by atoms with van der Waals surface area (Å²) in [6, 6.07) is 8.89. The standard InChI is InChI=1S/C16H24/c1-11(2)14(6)16(12(3)4)15-9-7-13(5)8-10-15/h7-12H,1-6H3. The van der Waals surface area contributed by atoms with Crippen molar-refractivity contribution < 1.29 is 0 Å². The Bertz CT molecular complexity index is 364. The van der Waals surface area contributed by atoms with Gasteiger partial charge in [0.2, 0.25) is 0 Å². The summed E-state index contributed by atoms with van der Waals surface area (Å²) in [4.78, 5) is 0. The van der Waals surface area contributed by atoms with Crippen LogP contribution in [0.2, 0.25) is 0 Å². The zero-order chi connectivity index (χ0) is 12.3. The summed E-state index contributed by atoms with van der Waals surface area (Å²) in [5, 5.41) is 0. The van der Waals surface area contributed by atoms with Gasteiger partial charge >= 0.3 is 0 Å². The Hall–Kier alpha value is -1.04. The zero-order valence-corrected chi connectivity index (χ0v) is 11.5. The van der Waals surface area contributed by atoms with Crippen LogP contribution in [-0.2, 0) is 0 Å². The van der Waals surface area contributed by atoms with Gasteiger partial charge in [-0.3, -0.25) is 0 Å². The Morgan fingerprint density at radius 2 is 1.38 bits per heavy atom. The number of hydrogen-bond donors (Lipinski definition) is 0. The third-order valence-corrected chi connectivity index (χ3v) is 3.23. The quantitative estimate of drug-likeness (QED) is 0.661. The Labute approximate surface area is 100 Å². The first-order valence-electron chi connectivity index (χ1n) is 6.21. The maximum absolute atomic E-state index is 2.28. The van der Waals surface area contributed by atoms with Crippen LogP contribution in [0.5, 0.6) is 0 Å². The van der Waals surface area contributed by atoms with Gasteiger partial charge in [-0.25, -0.2) is 0 Å². The number of hydrogen-bond acceptors (Lipinski definition) is 0. The molecule has 1 aromatic carbocycles. The van der Waals surface area contributed by atoms with Crippen LogP contribution in [0.3, 0.4) is 0 Å². The lowest BCUT2D eigenvalue weighted by atomic mass is 9.86. The Morgan fingerprint density at radius 3 is 1.75 bits per heavy atom. The molecule has 0 unspecified atom stereocenters. The van der Waals surface area contributed by atoms with E-state index in [9.17, 15) is 0 Å². The van der Waals surface area contributed by atoms with Gasteiger partial charge in [0.05, 0.1) is 0 Å². The van der Waals surface area contributed by atoms with Crippen molar-refractivity contribution in [2.45, 2.75) is 41.5 Å². The predicted octanol–water partition coefficient (Wildman–Crippen LogP) is 5.08. The van der Waals surface area contributed by atoms with Crippen molar-refractivity contribution in [1.82, 2.24) is 0 Å². The summed E-state index contributed by atoms with van der Waals surface area (Å²) < 4.78 is 0. The molecule has 0 saturated carbocycles. The maximum atomic E-state index is 2.28. The maximum Gasteiger partial charge on any atom is -0.0213 e. The highest BCUT2D eigenvalue weighted by Gasteiger charge is 2.12. The summed E-state index contributed by atoms with van der Waals surface area (Å²) in [5.74, 6) is 1.21. The Kier molecular flexibility index (Phi) is 4.35. The minimum Gasteiger partial charge on any atom is -0.0667 e. The first kappa shape index (κ1) is 13.0. The van der Waals surface area contributed by atoms with E-state index < -0.39 is 0 Å². The van der Waals surface area contributed by atoms with Crippen molar-refractivity contribution in [2.75, 3.05) is 0 Å². The van der Waals surface area contributed by atoms with Crippen LogP contribution in [0.15, 0.2) is 29.8 Å². The molecule has 0 fully saturated rings. The van der Waals surface area contributed by atoms with Crippen LogP contribution in [0.1, 0.15) is 45.7 Å². The minimum absolute atomic E-state index is 0.588. The fourth-order valence-electron chi connectivity index (χ4n) is 2.06. The van der Waals surface area contributed by atoms with E-state index in [2.05, 4.69) is 65.8 Å². The van der Waals surface area contributed by atoms with Gasteiger partial charge in [-0.2, -0.15) is 0 Å². The van der Waals surface area contributed by atoms with Gasteiger partial charge in [0.25, 0.3) is 0 Å². The highest BCUT2D eigenvalue weighted by atomic mass is 14.2. The fraction of sp³-hybridized carbons (Fsp3) is 0.500. The third-order valence-electron chi connectivity index (χ3n) is 3.23. The molecule has 0 bridgehead atoms. The molecular formula is C16H24. The average Bonchev–Trinajstić information content (AvgIpc) is 2.20. The van der Waals surface area contributed by atoms with Crippen molar-refractivity contribution >= 4 is 5.57 Å². The summed E-state index contributed by atoms with van der Waals surface area (Å²) in [6.45, 7) is 13.5. The SMILES string of the molecule is CC(=C(c1ccc(C)cc1)C(C)C)C(C)C. The lowest BCUT2D eigenvalue weighted by Gasteiger charge is -2.19. The van der Waals surface area contributed by atoms with E-state index in [1.807, 2.05) is 0 Å². The van der Waals surface area contributed by atoms with E-state index in [4.69, 9.17) is 0 Å². The van der Waals surface area contributed by atoms with Crippen molar-refractivity contribution in [1.29, 1.82) is 0 Å². The molecule has 0 atom stereocenters. The topological polar surface area (TPSA) is 0 Å². The van der Waals surface area contributed by atoms with Crippen LogP contribution < -0.4 is 0 Å². The van der Waals surface area contributed by atoms with Gasteiger partial charge in [-0.1, -0.05) is 63.1 Å². The van der Waals surface area contributed by atoms with E-state index in [1.165, 1.54) is 22.3 Å². The molecule has 0 aliphatic heterocycles. The Morgan fingerprint density at radius 1 is 0.875 bits per heavy atom. The highest BCUT2D eigenvalue weighted by molar-refractivity contribution is 5.70. The lowest BCUT2D eigenvalue weighted by Crippen LogP contribution is -2.02. The van der Waals surface area contributed by atoms with Gasteiger partial charge in [-0.15, -0.1) is 0 Å². The van der Waals surface area contributed by atoms with E-state index in [-0.39, 0.29) is 0 Å². The Balaban J connectivity index is 3.23. The second kappa shape index (κ2) is 5.34. The number of allylic oxidation sites excluding steroid dienone is 2. The average molecular weight is 216 g/mol. The summed E-state index contributed by atoms with van der Waals surface area (Å²) in [7, 11) is 0. The molecule has 1 aromatic rings. The fourth-order valence-corrected chi connectivity index (χ4v) is 2.06. The molecule has 0 nitrogen and oxygen atoms in total. The number of benzene rings is 1.